The smallest absolute Gasteiger partial charge is 0.224 e. The number of aromatic amines is 1. The predicted molar refractivity (Wildman–Crippen MR) is 94.8 cm³/mol. The van der Waals surface area contributed by atoms with Crippen LogP contribution in [0.15, 0.2) is 24.5 Å². The van der Waals surface area contributed by atoms with Crippen molar-refractivity contribution in [2.24, 2.45) is 5.92 Å². The van der Waals surface area contributed by atoms with E-state index in [1.54, 1.807) is 13.1 Å². The van der Waals surface area contributed by atoms with Gasteiger partial charge in [0.25, 0.3) is 0 Å². The Kier molecular flexibility index (Phi) is 3.99. The molecule has 1 saturated carbocycles. The molecule has 2 heterocycles. The second-order valence-electron chi connectivity index (χ2n) is 6.52. The molecule has 0 saturated heterocycles. The number of hydrogen-bond acceptors (Lipinski definition) is 4. The summed E-state index contributed by atoms with van der Waals surface area (Å²) in [6, 6.07) is 4.64. The zero-order valence-corrected chi connectivity index (χ0v) is 14.0. The summed E-state index contributed by atoms with van der Waals surface area (Å²) in [5, 5.41) is 7.91. The summed E-state index contributed by atoms with van der Waals surface area (Å²) in [5.41, 5.74) is 1.34. The molecule has 0 spiro atoms. The Labute approximate surface area is 144 Å². The molecule has 25 heavy (non-hydrogen) atoms. The van der Waals surface area contributed by atoms with Gasteiger partial charge >= 0.3 is 0 Å². The van der Waals surface area contributed by atoms with Gasteiger partial charge in [-0.15, -0.1) is 0 Å². The first-order chi connectivity index (χ1) is 12.2. The maximum absolute atomic E-state index is 13.5. The lowest BCUT2D eigenvalue weighted by Gasteiger charge is -2.31. The summed E-state index contributed by atoms with van der Waals surface area (Å²) >= 11 is 0. The van der Waals surface area contributed by atoms with E-state index in [0.717, 1.165) is 36.5 Å². The predicted octanol–water partition coefficient (Wildman–Crippen LogP) is 2.97. The lowest BCUT2D eigenvalue weighted by molar-refractivity contribution is -0.125. The number of rotatable bonds is 3. The van der Waals surface area contributed by atoms with Crippen LogP contribution in [0.3, 0.4) is 0 Å². The second-order valence-corrected chi connectivity index (χ2v) is 6.52. The summed E-state index contributed by atoms with van der Waals surface area (Å²) in [7, 11) is 1.67. The van der Waals surface area contributed by atoms with E-state index in [0.29, 0.717) is 17.0 Å². The molecule has 0 aliphatic heterocycles. The summed E-state index contributed by atoms with van der Waals surface area (Å²) in [4.78, 5) is 24.0. The van der Waals surface area contributed by atoms with E-state index >= 15 is 0 Å². The maximum Gasteiger partial charge on any atom is 0.224 e. The molecule has 7 heteroatoms. The number of carbonyl (C=O) groups is 1. The van der Waals surface area contributed by atoms with E-state index in [9.17, 15) is 9.18 Å². The molecule has 0 bridgehead atoms. The molecule has 2 atom stereocenters. The number of fused-ring (bicyclic) bond motifs is 3. The van der Waals surface area contributed by atoms with Crippen LogP contribution in [0, 0.1) is 11.7 Å². The third-order valence-corrected chi connectivity index (χ3v) is 5.02. The first-order valence-corrected chi connectivity index (χ1v) is 8.57. The van der Waals surface area contributed by atoms with Crippen LogP contribution in [-0.4, -0.2) is 33.9 Å². The molecule has 6 nitrogen and oxygen atoms in total. The summed E-state index contributed by atoms with van der Waals surface area (Å²) in [6.45, 7) is 0. The molecule has 3 N–H and O–H groups in total. The van der Waals surface area contributed by atoms with Gasteiger partial charge in [0.05, 0.1) is 16.8 Å². The van der Waals surface area contributed by atoms with Crippen LogP contribution >= 0.6 is 0 Å². The number of benzene rings is 1. The molecule has 0 radical (unpaired) electrons. The molecule has 3 aromatic rings. The summed E-state index contributed by atoms with van der Waals surface area (Å²) < 4.78 is 13.5. The van der Waals surface area contributed by atoms with E-state index < -0.39 is 0 Å². The average molecular weight is 341 g/mol. The fourth-order valence-corrected chi connectivity index (χ4v) is 3.79. The van der Waals surface area contributed by atoms with Crippen LogP contribution in [0.1, 0.15) is 25.7 Å². The second kappa shape index (κ2) is 6.31. The standard InChI is InChI=1S/C18H20FN5O/c1-20-18(25)12-4-2-3-5-13(12)23-16-15-11-7-6-10(19)8-14(11)24-17(15)22-9-21-16/h6-9,12-13H,2-5H2,1H3,(H,20,25)(H2,21,22,23,24)/t12-,13+/m1/s1. The Hall–Kier alpha value is -2.70. The zero-order chi connectivity index (χ0) is 17.4. The lowest BCUT2D eigenvalue weighted by Crippen LogP contribution is -2.42. The van der Waals surface area contributed by atoms with Gasteiger partial charge in [0, 0.05) is 18.5 Å². The number of halogens is 1. The highest BCUT2D eigenvalue weighted by molar-refractivity contribution is 6.11. The van der Waals surface area contributed by atoms with Crippen molar-refractivity contribution in [3.05, 3.63) is 30.3 Å². The van der Waals surface area contributed by atoms with Crippen molar-refractivity contribution in [3.63, 3.8) is 0 Å². The van der Waals surface area contributed by atoms with E-state index in [1.807, 2.05) is 0 Å². The molecule has 1 aromatic carbocycles. The number of carbonyl (C=O) groups excluding carboxylic acids is 1. The summed E-state index contributed by atoms with van der Waals surface area (Å²) in [5.74, 6) is 0.368. The SMILES string of the molecule is CNC(=O)[C@@H]1CCCC[C@@H]1Nc1ncnc2[nH]c3cc(F)ccc3c12. The van der Waals surface area contributed by atoms with E-state index in [-0.39, 0.29) is 23.7 Å². The molecule has 0 unspecified atom stereocenters. The van der Waals surface area contributed by atoms with Crippen molar-refractivity contribution in [1.29, 1.82) is 0 Å². The van der Waals surface area contributed by atoms with Crippen molar-refractivity contribution < 1.29 is 9.18 Å². The van der Waals surface area contributed by atoms with Crippen LogP contribution in [0.5, 0.6) is 0 Å². The van der Waals surface area contributed by atoms with E-state index in [4.69, 9.17) is 0 Å². The minimum Gasteiger partial charge on any atom is -0.366 e. The van der Waals surface area contributed by atoms with Gasteiger partial charge in [-0.1, -0.05) is 12.8 Å². The number of nitrogens with zero attached hydrogens (tertiary/aromatic N) is 2. The number of aromatic nitrogens is 3. The molecule has 1 fully saturated rings. The van der Waals surface area contributed by atoms with Crippen LogP contribution in [0.25, 0.3) is 21.9 Å². The van der Waals surface area contributed by atoms with Crippen molar-refractivity contribution in [1.82, 2.24) is 20.3 Å². The quantitative estimate of drug-likeness (QED) is 0.684. The number of nitrogens with one attached hydrogen (secondary N) is 3. The average Bonchev–Trinajstić information content (AvgIpc) is 3.00. The first kappa shape index (κ1) is 15.8. The van der Waals surface area contributed by atoms with Crippen molar-refractivity contribution in [3.8, 4) is 0 Å². The number of hydrogen-bond donors (Lipinski definition) is 3. The van der Waals surface area contributed by atoms with Crippen LogP contribution < -0.4 is 10.6 Å². The molecule has 4 rings (SSSR count). The zero-order valence-electron chi connectivity index (χ0n) is 14.0. The minimum absolute atomic E-state index is 0.0252. The number of anilines is 1. The van der Waals surface area contributed by atoms with Gasteiger partial charge in [-0.2, -0.15) is 0 Å². The Bertz CT molecular complexity index is 938. The fourth-order valence-electron chi connectivity index (χ4n) is 3.79. The van der Waals surface area contributed by atoms with Crippen molar-refractivity contribution in [2.45, 2.75) is 31.7 Å². The molecular formula is C18H20FN5O. The van der Waals surface area contributed by atoms with Crippen LogP contribution in [0.2, 0.25) is 0 Å². The van der Waals surface area contributed by atoms with Crippen molar-refractivity contribution in [2.75, 3.05) is 12.4 Å². The summed E-state index contributed by atoms with van der Waals surface area (Å²) in [6.07, 6.45) is 5.40. The Morgan fingerprint density at radius 1 is 1.28 bits per heavy atom. The van der Waals surface area contributed by atoms with E-state index in [1.165, 1.54) is 18.5 Å². The van der Waals surface area contributed by atoms with Gasteiger partial charge < -0.3 is 15.6 Å². The largest absolute Gasteiger partial charge is 0.366 e. The Morgan fingerprint density at radius 3 is 2.96 bits per heavy atom. The molecule has 1 amide bonds. The van der Waals surface area contributed by atoms with Gasteiger partial charge in [0.1, 0.15) is 23.6 Å². The van der Waals surface area contributed by atoms with Gasteiger partial charge in [-0.05, 0) is 31.0 Å². The Morgan fingerprint density at radius 2 is 2.12 bits per heavy atom. The topological polar surface area (TPSA) is 82.7 Å². The first-order valence-electron chi connectivity index (χ1n) is 8.57. The highest BCUT2D eigenvalue weighted by atomic mass is 19.1. The molecule has 2 aromatic heterocycles. The highest BCUT2D eigenvalue weighted by Crippen LogP contribution is 2.32. The number of amides is 1. The van der Waals surface area contributed by atoms with Crippen LogP contribution in [-0.2, 0) is 4.79 Å². The third kappa shape index (κ3) is 2.79. The van der Waals surface area contributed by atoms with Gasteiger partial charge in [-0.25, -0.2) is 14.4 Å². The van der Waals surface area contributed by atoms with Crippen LogP contribution in [0.4, 0.5) is 10.2 Å². The van der Waals surface area contributed by atoms with E-state index in [2.05, 4.69) is 25.6 Å². The lowest BCUT2D eigenvalue weighted by atomic mass is 9.84. The maximum atomic E-state index is 13.5. The Balaban J connectivity index is 1.76. The van der Waals surface area contributed by atoms with Gasteiger partial charge in [0.2, 0.25) is 5.91 Å². The third-order valence-electron chi connectivity index (χ3n) is 5.02. The molecular weight excluding hydrogens is 321 g/mol. The molecule has 1 aliphatic carbocycles. The van der Waals surface area contributed by atoms with Gasteiger partial charge in [-0.3, -0.25) is 4.79 Å². The van der Waals surface area contributed by atoms with Gasteiger partial charge in [0.15, 0.2) is 0 Å². The number of H-pyrrole nitrogens is 1. The normalized spacial score (nSPS) is 20.7. The minimum atomic E-state index is -0.298. The van der Waals surface area contributed by atoms with Crippen molar-refractivity contribution >= 4 is 33.7 Å². The monoisotopic (exact) mass is 341 g/mol. The molecule has 130 valence electrons. The molecule has 1 aliphatic rings. The fraction of sp³-hybridized carbons (Fsp3) is 0.389. The highest BCUT2D eigenvalue weighted by Gasteiger charge is 2.31.